The van der Waals surface area contributed by atoms with Gasteiger partial charge in [0, 0.05) is 6.54 Å². The molecule has 0 spiro atoms. The van der Waals surface area contributed by atoms with Crippen LogP contribution in [0.25, 0.3) is 16.6 Å². The van der Waals surface area contributed by atoms with E-state index in [1.807, 2.05) is 85.5 Å². The molecule has 0 aliphatic heterocycles. The summed E-state index contributed by atoms with van der Waals surface area (Å²) in [5, 5.41) is 0.553. The van der Waals surface area contributed by atoms with E-state index >= 15 is 0 Å². The number of ether oxygens (including phenoxy) is 1. The minimum absolute atomic E-state index is 0.0421. The molecule has 0 fully saturated rings. The van der Waals surface area contributed by atoms with Crippen molar-refractivity contribution in [3.63, 3.8) is 0 Å². The van der Waals surface area contributed by atoms with Gasteiger partial charge in [0.15, 0.2) is 0 Å². The maximum atomic E-state index is 13.9. The first-order valence-electron chi connectivity index (χ1n) is 13.3. The van der Waals surface area contributed by atoms with E-state index in [9.17, 15) is 9.59 Å². The van der Waals surface area contributed by atoms with Gasteiger partial charge in [0.2, 0.25) is 5.91 Å². The monoisotopic (exact) mass is 511 g/mol. The number of aryl methyl sites for hydroxylation is 2. The Labute approximate surface area is 224 Å². The summed E-state index contributed by atoms with van der Waals surface area (Å²) in [4.78, 5) is 34.4. The zero-order valence-electron chi connectivity index (χ0n) is 23.0. The summed E-state index contributed by atoms with van der Waals surface area (Å²) in [5.74, 6) is 0.677. The molecule has 0 saturated heterocycles. The predicted octanol–water partition coefficient (Wildman–Crippen LogP) is 6.16. The molecule has 1 aromatic heterocycles. The van der Waals surface area contributed by atoms with Crippen LogP contribution >= 0.6 is 0 Å². The molecule has 1 unspecified atom stereocenters. The zero-order valence-corrected chi connectivity index (χ0v) is 23.0. The van der Waals surface area contributed by atoms with Gasteiger partial charge in [-0.15, -0.1) is 0 Å². The Bertz CT molecular complexity index is 1460. The van der Waals surface area contributed by atoms with Crippen LogP contribution in [0.3, 0.4) is 0 Å². The number of amides is 1. The average molecular weight is 512 g/mol. The van der Waals surface area contributed by atoms with Crippen LogP contribution < -0.4 is 5.56 Å². The highest BCUT2D eigenvalue weighted by Gasteiger charge is 2.29. The first kappa shape index (κ1) is 27.3. The fourth-order valence-electron chi connectivity index (χ4n) is 4.74. The van der Waals surface area contributed by atoms with Crippen molar-refractivity contribution in [2.45, 2.75) is 53.7 Å². The largest absolute Gasteiger partial charge is 0.367 e. The van der Waals surface area contributed by atoms with Gasteiger partial charge >= 0.3 is 0 Å². The molecule has 1 atom stereocenters. The van der Waals surface area contributed by atoms with Crippen molar-refractivity contribution in [1.82, 2.24) is 14.5 Å². The molecule has 0 radical (unpaired) electrons. The molecular formula is C32H37N3O3. The molecule has 4 aromatic rings. The van der Waals surface area contributed by atoms with Crippen LogP contribution in [0, 0.1) is 19.8 Å². The van der Waals surface area contributed by atoms with Gasteiger partial charge in [0.05, 0.1) is 29.2 Å². The molecule has 0 aliphatic carbocycles. The molecule has 0 aliphatic rings. The topological polar surface area (TPSA) is 64.4 Å². The molecule has 4 rings (SSSR count). The Balaban J connectivity index is 1.78. The number of nitrogens with zero attached hydrogens (tertiary/aromatic N) is 3. The SMILES string of the molecule is CCC(c1nc2ccccc2c(=O)n1-c1ccc(C)c(C)c1)N(CC(C)C)C(=O)COCc1ccccc1. The van der Waals surface area contributed by atoms with Crippen molar-refractivity contribution < 1.29 is 9.53 Å². The van der Waals surface area contributed by atoms with Gasteiger partial charge in [-0.3, -0.25) is 14.2 Å². The molecule has 0 N–H and O–H groups in total. The van der Waals surface area contributed by atoms with Crippen LogP contribution in [0.5, 0.6) is 0 Å². The first-order valence-corrected chi connectivity index (χ1v) is 13.3. The predicted molar refractivity (Wildman–Crippen MR) is 152 cm³/mol. The van der Waals surface area contributed by atoms with E-state index < -0.39 is 6.04 Å². The summed E-state index contributed by atoms with van der Waals surface area (Å²) >= 11 is 0. The summed E-state index contributed by atoms with van der Waals surface area (Å²) in [6.45, 7) is 11.1. The van der Waals surface area contributed by atoms with Gasteiger partial charge < -0.3 is 9.64 Å². The van der Waals surface area contributed by atoms with E-state index in [4.69, 9.17) is 9.72 Å². The molecule has 198 valence electrons. The van der Waals surface area contributed by atoms with Gasteiger partial charge in [-0.1, -0.05) is 69.3 Å². The van der Waals surface area contributed by atoms with Crippen molar-refractivity contribution in [2.24, 2.45) is 5.92 Å². The van der Waals surface area contributed by atoms with E-state index in [1.54, 1.807) is 10.6 Å². The van der Waals surface area contributed by atoms with Crippen LogP contribution in [-0.2, 0) is 16.1 Å². The lowest BCUT2D eigenvalue weighted by atomic mass is 10.1. The zero-order chi connectivity index (χ0) is 27.2. The Morgan fingerprint density at radius 1 is 0.974 bits per heavy atom. The molecule has 3 aromatic carbocycles. The second-order valence-electron chi connectivity index (χ2n) is 10.2. The third-order valence-electron chi connectivity index (χ3n) is 6.83. The number of fused-ring (bicyclic) bond motifs is 1. The standard InChI is InChI=1S/C32H37N3O3/c1-6-29(34(19-22(2)3)30(36)21-38-20-25-12-8-7-9-13-25)31-33-28-15-11-10-14-27(28)32(37)35(31)26-17-16-23(4)24(5)18-26/h7-18,22,29H,6,19-21H2,1-5H3. The minimum Gasteiger partial charge on any atom is -0.367 e. The van der Waals surface area contributed by atoms with E-state index in [0.717, 1.165) is 22.4 Å². The summed E-state index contributed by atoms with van der Waals surface area (Å²) in [6, 6.07) is 22.8. The van der Waals surface area contributed by atoms with Crippen molar-refractivity contribution in [1.29, 1.82) is 0 Å². The number of aromatic nitrogens is 2. The van der Waals surface area contributed by atoms with Crippen LogP contribution in [0.1, 0.15) is 55.7 Å². The molecule has 6 nitrogen and oxygen atoms in total. The van der Waals surface area contributed by atoms with Crippen molar-refractivity contribution in [3.05, 3.63) is 106 Å². The third kappa shape index (κ3) is 6.03. The number of carbonyl (C=O) groups excluding carboxylic acids is 1. The van der Waals surface area contributed by atoms with Crippen LogP contribution in [-0.4, -0.2) is 33.5 Å². The van der Waals surface area contributed by atoms with E-state index in [0.29, 0.717) is 36.3 Å². The van der Waals surface area contributed by atoms with Gasteiger partial charge in [-0.05, 0) is 67.1 Å². The number of hydrogen-bond donors (Lipinski definition) is 0. The van der Waals surface area contributed by atoms with Gasteiger partial charge in [0.1, 0.15) is 12.4 Å². The second kappa shape index (κ2) is 12.2. The number of rotatable bonds is 10. The minimum atomic E-state index is -0.399. The average Bonchev–Trinajstić information content (AvgIpc) is 2.91. The number of hydrogen-bond acceptors (Lipinski definition) is 4. The van der Waals surface area contributed by atoms with E-state index in [2.05, 4.69) is 20.8 Å². The molecule has 6 heteroatoms. The summed E-state index contributed by atoms with van der Waals surface area (Å²) in [7, 11) is 0. The van der Waals surface area contributed by atoms with Crippen molar-refractivity contribution in [3.8, 4) is 5.69 Å². The Hall–Kier alpha value is -3.77. The highest BCUT2D eigenvalue weighted by atomic mass is 16.5. The normalized spacial score (nSPS) is 12.2. The number of para-hydroxylation sites is 1. The number of carbonyl (C=O) groups is 1. The summed E-state index contributed by atoms with van der Waals surface area (Å²) in [6.07, 6.45) is 0.604. The van der Waals surface area contributed by atoms with Crippen LogP contribution in [0.4, 0.5) is 0 Å². The maximum absolute atomic E-state index is 13.9. The Morgan fingerprint density at radius 2 is 1.68 bits per heavy atom. The summed E-state index contributed by atoms with van der Waals surface area (Å²) < 4.78 is 7.52. The van der Waals surface area contributed by atoms with Gasteiger partial charge in [0.25, 0.3) is 5.56 Å². The van der Waals surface area contributed by atoms with Gasteiger partial charge in [-0.25, -0.2) is 4.98 Å². The molecule has 1 heterocycles. The highest BCUT2D eigenvalue weighted by molar-refractivity contribution is 5.79. The molecule has 0 bridgehead atoms. The first-order chi connectivity index (χ1) is 18.3. The van der Waals surface area contributed by atoms with E-state index in [1.165, 1.54) is 0 Å². The lowest BCUT2D eigenvalue weighted by Crippen LogP contribution is -2.42. The quantitative estimate of drug-likeness (QED) is 0.256. The second-order valence-corrected chi connectivity index (χ2v) is 10.2. The van der Waals surface area contributed by atoms with Crippen molar-refractivity contribution >= 4 is 16.8 Å². The molecule has 1 amide bonds. The van der Waals surface area contributed by atoms with Gasteiger partial charge in [-0.2, -0.15) is 0 Å². The highest BCUT2D eigenvalue weighted by Crippen LogP contribution is 2.27. The van der Waals surface area contributed by atoms with Crippen LogP contribution in [0.15, 0.2) is 77.6 Å². The lowest BCUT2D eigenvalue weighted by molar-refractivity contribution is -0.140. The maximum Gasteiger partial charge on any atom is 0.266 e. The third-order valence-corrected chi connectivity index (χ3v) is 6.83. The Morgan fingerprint density at radius 3 is 2.37 bits per heavy atom. The lowest BCUT2D eigenvalue weighted by Gasteiger charge is -2.33. The Kier molecular flexibility index (Phi) is 8.74. The van der Waals surface area contributed by atoms with Crippen LogP contribution in [0.2, 0.25) is 0 Å². The molecule has 38 heavy (non-hydrogen) atoms. The molecular weight excluding hydrogens is 474 g/mol. The number of benzene rings is 3. The summed E-state index contributed by atoms with van der Waals surface area (Å²) in [5.41, 5.74) is 4.50. The fourth-order valence-corrected chi connectivity index (χ4v) is 4.74. The molecule has 0 saturated carbocycles. The van der Waals surface area contributed by atoms with E-state index in [-0.39, 0.29) is 24.0 Å². The van der Waals surface area contributed by atoms with Crippen molar-refractivity contribution in [2.75, 3.05) is 13.2 Å². The fraction of sp³-hybridized carbons (Fsp3) is 0.344. The smallest absolute Gasteiger partial charge is 0.266 e.